The Morgan fingerprint density at radius 3 is 2.46 bits per heavy atom. The number of ether oxygens (including phenoxy) is 1. The number of piperazine rings is 1. The Kier molecular flexibility index (Phi) is 6.97. The Morgan fingerprint density at radius 1 is 1.07 bits per heavy atom. The first-order chi connectivity index (χ1) is 13.7. The molecule has 0 bridgehead atoms. The molecule has 148 valence electrons. The number of rotatable bonds is 7. The highest BCUT2D eigenvalue weighted by atomic mass is 16.5. The summed E-state index contributed by atoms with van der Waals surface area (Å²) in [5.74, 6) is 0.572. The molecule has 1 aliphatic heterocycles. The predicted molar refractivity (Wildman–Crippen MR) is 109 cm³/mol. The molecule has 7 heteroatoms. The normalized spacial score (nSPS) is 14.5. The largest absolute Gasteiger partial charge is 0.462 e. The molecule has 1 amide bonds. The molecule has 1 aromatic carbocycles. The van der Waals surface area contributed by atoms with E-state index < -0.39 is 0 Å². The Balaban J connectivity index is 1.44. The first-order valence-electron chi connectivity index (χ1n) is 9.61. The maximum atomic E-state index is 12.3. The molecule has 1 aromatic heterocycles. The molecule has 0 spiro atoms. The molecular weight excluding hydrogens is 356 g/mol. The zero-order chi connectivity index (χ0) is 19.8. The van der Waals surface area contributed by atoms with E-state index in [4.69, 9.17) is 4.74 Å². The van der Waals surface area contributed by atoms with Gasteiger partial charge in [-0.25, -0.2) is 9.78 Å². The number of nitrogens with zero attached hydrogens (tertiary/aromatic N) is 3. The summed E-state index contributed by atoms with van der Waals surface area (Å²) < 4.78 is 5.10. The van der Waals surface area contributed by atoms with Crippen LogP contribution in [0.2, 0.25) is 0 Å². The first kappa shape index (κ1) is 19.8. The fourth-order valence-electron chi connectivity index (χ4n) is 3.05. The van der Waals surface area contributed by atoms with Gasteiger partial charge in [-0.2, -0.15) is 0 Å². The fraction of sp³-hybridized carbons (Fsp3) is 0.381. The summed E-state index contributed by atoms with van der Waals surface area (Å²) in [7, 11) is 0. The maximum absolute atomic E-state index is 12.3. The number of esters is 1. The molecular formula is C21H26N4O3. The maximum Gasteiger partial charge on any atom is 0.338 e. The Bertz CT molecular complexity index is 772. The van der Waals surface area contributed by atoms with Crippen molar-refractivity contribution in [3.8, 4) is 0 Å². The lowest BCUT2D eigenvalue weighted by molar-refractivity contribution is -0.117. The number of aromatic nitrogens is 1. The predicted octanol–water partition coefficient (Wildman–Crippen LogP) is 2.41. The van der Waals surface area contributed by atoms with Crippen molar-refractivity contribution in [3.63, 3.8) is 0 Å². The quantitative estimate of drug-likeness (QED) is 0.742. The third kappa shape index (κ3) is 5.53. The van der Waals surface area contributed by atoms with Crippen LogP contribution in [0.3, 0.4) is 0 Å². The molecule has 0 atom stereocenters. The van der Waals surface area contributed by atoms with Gasteiger partial charge in [0.1, 0.15) is 5.82 Å². The molecule has 1 fully saturated rings. The lowest BCUT2D eigenvalue weighted by Gasteiger charge is -2.34. The standard InChI is InChI=1S/C21H26N4O3/c1-2-15-28-21(27)17-6-8-18(9-7-17)23-20(26)16-24-11-13-25(14-12-24)19-5-3-4-10-22-19/h3-10H,2,11-16H2,1H3,(H,23,26). The van der Waals surface area contributed by atoms with Gasteiger partial charge < -0.3 is 15.0 Å². The van der Waals surface area contributed by atoms with Crippen molar-refractivity contribution in [2.75, 3.05) is 49.5 Å². The molecule has 0 unspecified atom stereocenters. The monoisotopic (exact) mass is 382 g/mol. The average Bonchev–Trinajstić information content (AvgIpc) is 2.73. The van der Waals surface area contributed by atoms with Gasteiger partial charge in [0.05, 0.1) is 18.7 Å². The van der Waals surface area contributed by atoms with Crippen LogP contribution in [0, 0.1) is 0 Å². The van der Waals surface area contributed by atoms with Gasteiger partial charge in [-0.3, -0.25) is 9.69 Å². The summed E-state index contributed by atoms with van der Waals surface area (Å²) in [5, 5.41) is 2.88. The minimum Gasteiger partial charge on any atom is -0.462 e. The van der Waals surface area contributed by atoms with Gasteiger partial charge in [-0.15, -0.1) is 0 Å². The van der Waals surface area contributed by atoms with E-state index in [2.05, 4.69) is 20.1 Å². The van der Waals surface area contributed by atoms with E-state index in [9.17, 15) is 9.59 Å². The molecule has 0 aliphatic carbocycles. The van der Waals surface area contributed by atoms with Crippen LogP contribution in [-0.4, -0.2) is 61.1 Å². The molecule has 2 aromatic rings. The van der Waals surface area contributed by atoms with E-state index in [0.29, 0.717) is 24.4 Å². The molecule has 3 rings (SSSR count). The number of nitrogens with one attached hydrogen (secondary N) is 1. The third-order valence-corrected chi connectivity index (χ3v) is 4.55. The summed E-state index contributed by atoms with van der Waals surface area (Å²) in [6.07, 6.45) is 2.58. The van der Waals surface area contributed by atoms with Crippen LogP contribution < -0.4 is 10.2 Å². The van der Waals surface area contributed by atoms with E-state index >= 15 is 0 Å². The van der Waals surface area contributed by atoms with Crippen LogP contribution in [0.4, 0.5) is 11.5 Å². The summed E-state index contributed by atoms with van der Waals surface area (Å²) in [4.78, 5) is 32.9. The van der Waals surface area contributed by atoms with Gasteiger partial charge in [0.25, 0.3) is 0 Å². The Morgan fingerprint density at radius 2 is 1.82 bits per heavy atom. The number of hydrogen-bond donors (Lipinski definition) is 1. The lowest BCUT2D eigenvalue weighted by atomic mass is 10.2. The van der Waals surface area contributed by atoms with Crippen LogP contribution in [-0.2, 0) is 9.53 Å². The molecule has 0 saturated carbocycles. The number of amides is 1. The number of benzene rings is 1. The zero-order valence-corrected chi connectivity index (χ0v) is 16.1. The van der Waals surface area contributed by atoms with E-state index in [-0.39, 0.29) is 11.9 Å². The second kappa shape index (κ2) is 9.85. The van der Waals surface area contributed by atoms with E-state index in [1.165, 1.54) is 0 Å². The van der Waals surface area contributed by atoms with E-state index in [1.54, 1.807) is 30.5 Å². The smallest absolute Gasteiger partial charge is 0.338 e. The van der Waals surface area contributed by atoms with E-state index in [1.807, 2.05) is 25.1 Å². The highest BCUT2D eigenvalue weighted by molar-refractivity contribution is 5.94. The second-order valence-electron chi connectivity index (χ2n) is 6.71. The van der Waals surface area contributed by atoms with Crippen molar-refractivity contribution in [2.45, 2.75) is 13.3 Å². The van der Waals surface area contributed by atoms with Crippen molar-refractivity contribution in [1.29, 1.82) is 0 Å². The number of carbonyl (C=O) groups excluding carboxylic acids is 2. The van der Waals surface area contributed by atoms with Gasteiger partial charge in [-0.1, -0.05) is 13.0 Å². The van der Waals surface area contributed by atoms with Crippen LogP contribution in [0.5, 0.6) is 0 Å². The molecule has 0 radical (unpaired) electrons. The molecule has 2 heterocycles. The molecule has 1 N–H and O–H groups in total. The summed E-state index contributed by atoms with van der Waals surface area (Å²) in [5.41, 5.74) is 1.15. The average molecular weight is 382 g/mol. The fourth-order valence-corrected chi connectivity index (χ4v) is 3.05. The van der Waals surface area contributed by atoms with E-state index in [0.717, 1.165) is 38.4 Å². The van der Waals surface area contributed by atoms with Crippen molar-refractivity contribution >= 4 is 23.4 Å². The molecule has 1 aliphatic rings. The molecule has 1 saturated heterocycles. The van der Waals surface area contributed by atoms with Crippen molar-refractivity contribution in [2.24, 2.45) is 0 Å². The van der Waals surface area contributed by atoms with Crippen LogP contribution in [0.1, 0.15) is 23.7 Å². The number of pyridine rings is 1. The van der Waals surface area contributed by atoms with Gasteiger partial charge in [-0.05, 0) is 42.8 Å². The zero-order valence-electron chi connectivity index (χ0n) is 16.1. The lowest BCUT2D eigenvalue weighted by Crippen LogP contribution is -2.48. The first-order valence-corrected chi connectivity index (χ1v) is 9.61. The summed E-state index contributed by atoms with van der Waals surface area (Å²) >= 11 is 0. The Hall–Kier alpha value is -2.93. The van der Waals surface area contributed by atoms with Crippen LogP contribution >= 0.6 is 0 Å². The Labute approximate surface area is 165 Å². The second-order valence-corrected chi connectivity index (χ2v) is 6.71. The molecule has 28 heavy (non-hydrogen) atoms. The number of anilines is 2. The highest BCUT2D eigenvalue weighted by Gasteiger charge is 2.19. The minimum absolute atomic E-state index is 0.0624. The topological polar surface area (TPSA) is 74.8 Å². The summed E-state index contributed by atoms with van der Waals surface area (Å²) in [6.45, 7) is 6.02. The van der Waals surface area contributed by atoms with Crippen molar-refractivity contribution in [1.82, 2.24) is 9.88 Å². The minimum atomic E-state index is -0.342. The van der Waals surface area contributed by atoms with Gasteiger partial charge in [0.2, 0.25) is 5.91 Å². The third-order valence-electron chi connectivity index (χ3n) is 4.55. The van der Waals surface area contributed by atoms with Crippen LogP contribution in [0.25, 0.3) is 0 Å². The van der Waals surface area contributed by atoms with Gasteiger partial charge >= 0.3 is 5.97 Å². The van der Waals surface area contributed by atoms with Gasteiger partial charge in [0, 0.05) is 38.1 Å². The number of carbonyl (C=O) groups is 2. The molecule has 7 nitrogen and oxygen atoms in total. The van der Waals surface area contributed by atoms with Crippen molar-refractivity contribution < 1.29 is 14.3 Å². The SMILES string of the molecule is CCCOC(=O)c1ccc(NC(=O)CN2CCN(c3ccccn3)CC2)cc1. The summed E-state index contributed by atoms with van der Waals surface area (Å²) in [6, 6.07) is 12.7. The van der Waals surface area contributed by atoms with Gasteiger partial charge in [0.15, 0.2) is 0 Å². The number of hydrogen-bond acceptors (Lipinski definition) is 6. The van der Waals surface area contributed by atoms with Crippen molar-refractivity contribution in [3.05, 3.63) is 54.2 Å². The van der Waals surface area contributed by atoms with Crippen LogP contribution in [0.15, 0.2) is 48.7 Å². The highest BCUT2D eigenvalue weighted by Crippen LogP contribution is 2.13.